The quantitative estimate of drug-likeness (QED) is 0.769. The van der Waals surface area contributed by atoms with Crippen molar-refractivity contribution in [2.24, 2.45) is 5.73 Å². The molecule has 0 saturated heterocycles. The number of nitrogens with two attached hydrogens (primary N) is 1. The molecule has 1 atom stereocenters. The highest BCUT2D eigenvalue weighted by Crippen LogP contribution is 2.28. The lowest BCUT2D eigenvalue weighted by Gasteiger charge is -2.24. The Balaban J connectivity index is 3.12. The average molecular weight is 180 g/mol. The third-order valence-corrected chi connectivity index (χ3v) is 2.35. The van der Waals surface area contributed by atoms with Gasteiger partial charge in [-0.2, -0.15) is 0 Å². The Bertz CT molecular complexity index is 284. The molecule has 72 valence electrons. The molecule has 0 aromatic carbocycles. The number of hydrogen-bond acceptors (Lipinski definition) is 3. The number of ether oxygens (including phenoxy) is 1. The van der Waals surface area contributed by atoms with Gasteiger partial charge < -0.3 is 10.5 Å². The summed E-state index contributed by atoms with van der Waals surface area (Å²) in [6, 6.07) is 1.83. The highest BCUT2D eigenvalue weighted by atomic mass is 16.5. The summed E-state index contributed by atoms with van der Waals surface area (Å²) in [5, 5.41) is 0. The van der Waals surface area contributed by atoms with Crippen LogP contribution in [0, 0.1) is 0 Å². The third-order valence-electron chi connectivity index (χ3n) is 2.35. The number of nitrogens with zero attached hydrogens (tertiary/aromatic N) is 1. The maximum Gasteiger partial charge on any atom is 0.126 e. The maximum atomic E-state index is 6.09. The van der Waals surface area contributed by atoms with Crippen LogP contribution in [0.4, 0.5) is 0 Å². The molecule has 0 bridgehead atoms. The molecule has 0 radical (unpaired) electrons. The number of pyridine rings is 1. The lowest BCUT2D eigenvalue weighted by atomic mass is 9.91. The molecule has 0 aliphatic carbocycles. The Morgan fingerprint density at radius 3 is 2.85 bits per heavy atom. The Hall–Kier alpha value is -1.09. The summed E-state index contributed by atoms with van der Waals surface area (Å²) in [5.41, 5.74) is 6.69. The van der Waals surface area contributed by atoms with Gasteiger partial charge in [0.05, 0.1) is 7.11 Å². The molecule has 13 heavy (non-hydrogen) atoms. The molecule has 3 heteroatoms. The van der Waals surface area contributed by atoms with E-state index in [9.17, 15) is 0 Å². The highest BCUT2D eigenvalue weighted by molar-refractivity contribution is 5.35. The van der Waals surface area contributed by atoms with Crippen LogP contribution < -0.4 is 10.5 Å². The van der Waals surface area contributed by atoms with E-state index in [0.29, 0.717) is 0 Å². The van der Waals surface area contributed by atoms with E-state index in [2.05, 4.69) is 4.98 Å². The first-order valence-corrected chi connectivity index (χ1v) is 4.39. The van der Waals surface area contributed by atoms with Gasteiger partial charge in [0.2, 0.25) is 0 Å². The van der Waals surface area contributed by atoms with Crippen molar-refractivity contribution in [3.63, 3.8) is 0 Å². The molecule has 0 spiro atoms. The van der Waals surface area contributed by atoms with E-state index in [-0.39, 0.29) is 5.54 Å². The molecule has 1 aromatic rings. The zero-order valence-corrected chi connectivity index (χ0v) is 8.37. The van der Waals surface area contributed by atoms with E-state index in [0.717, 1.165) is 17.7 Å². The standard InChI is InChI=1S/C10H16N2O/c1-4-10(2,11)8-7-12-6-5-9(8)13-3/h5-7H,4,11H2,1-3H3. The second kappa shape index (κ2) is 3.75. The monoisotopic (exact) mass is 180 g/mol. The van der Waals surface area contributed by atoms with Gasteiger partial charge in [0, 0.05) is 23.5 Å². The van der Waals surface area contributed by atoms with Crippen LogP contribution in [0.5, 0.6) is 5.75 Å². The third kappa shape index (κ3) is 1.98. The Morgan fingerprint density at radius 1 is 1.62 bits per heavy atom. The minimum absolute atomic E-state index is 0.362. The maximum absolute atomic E-state index is 6.09. The Kier molecular flexibility index (Phi) is 2.88. The average Bonchev–Trinajstić information content (AvgIpc) is 2.18. The Labute approximate surface area is 78.9 Å². The van der Waals surface area contributed by atoms with E-state index in [1.54, 1.807) is 19.5 Å². The predicted octanol–water partition coefficient (Wildman–Crippen LogP) is 1.67. The smallest absolute Gasteiger partial charge is 0.126 e. The van der Waals surface area contributed by atoms with E-state index in [1.165, 1.54) is 0 Å². The first-order valence-electron chi connectivity index (χ1n) is 4.39. The molecule has 1 heterocycles. The zero-order chi connectivity index (χ0) is 9.90. The fraction of sp³-hybridized carbons (Fsp3) is 0.500. The van der Waals surface area contributed by atoms with Crippen molar-refractivity contribution in [2.45, 2.75) is 25.8 Å². The van der Waals surface area contributed by atoms with Gasteiger partial charge in [-0.1, -0.05) is 6.92 Å². The normalized spacial score (nSPS) is 15.1. The van der Waals surface area contributed by atoms with Crippen molar-refractivity contribution in [3.05, 3.63) is 24.0 Å². The van der Waals surface area contributed by atoms with Crippen LogP contribution in [0.3, 0.4) is 0 Å². The summed E-state index contributed by atoms with van der Waals surface area (Å²) in [6.45, 7) is 4.03. The predicted molar refractivity (Wildman–Crippen MR) is 52.6 cm³/mol. The fourth-order valence-corrected chi connectivity index (χ4v) is 1.18. The molecule has 3 nitrogen and oxygen atoms in total. The van der Waals surface area contributed by atoms with Crippen molar-refractivity contribution >= 4 is 0 Å². The molecule has 1 unspecified atom stereocenters. The molecule has 0 saturated carbocycles. The molecule has 0 aliphatic heterocycles. The first-order chi connectivity index (χ1) is 6.11. The lowest BCUT2D eigenvalue weighted by Crippen LogP contribution is -2.32. The summed E-state index contributed by atoms with van der Waals surface area (Å²) >= 11 is 0. The van der Waals surface area contributed by atoms with Gasteiger partial charge in [0.15, 0.2) is 0 Å². The first kappa shape index (κ1) is 9.99. The Morgan fingerprint density at radius 2 is 2.31 bits per heavy atom. The minimum Gasteiger partial charge on any atom is -0.496 e. The summed E-state index contributed by atoms with van der Waals surface area (Å²) in [6.07, 6.45) is 4.32. The second-order valence-electron chi connectivity index (χ2n) is 3.35. The molecule has 0 amide bonds. The molecule has 0 aliphatic rings. The molecular weight excluding hydrogens is 164 g/mol. The van der Waals surface area contributed by atoms with Gasteiger partial charge in [-0.3, -0.25) is 4.98 Å². The summed E-state index contributed by atoms with van der Waals surface area (Å²) in [5.74, 6) is 0.807. The van der Waals surface area contributed by atoms with Crippen LogP contribution in [0.1, 0.15) is 25.8 Å². The number of hydrogen-bond donors (Lipinski definition) is 1. The van der Waals surface area contributed by atoms with Crippen molar-refractivity contribution in [1.82, 2.24) is 4.98 Å². The van der Waals surface area contributed by atoms with Gasteiger partial charge in [-0.25, -0.2) is 0 Å². The SMILES string of the molecule is CCC(C)(N)c1cnccc1OC. The van der Waals surface area contributed by atoms with Crippen LogP contribution in [0.2, 0.25) is 0 Å². The van der Waals surface area contributed by atoms with E-state index in [1.807, 2.05) is 19.9 Å². The summed E-state index contributed by atoms with van der Waals surface area (Å²) in [7, 11) is 1.64. The van der Waals surface area contributed by atoms with Gasteiger partial charge in [0.25, 0.3) is 0 Å². The van der Waals surface area contributed by atoms with E-state index >= 15 is 0 Å². The van der Waals surface area contributed by atoms with Crippen LogP contribution >= 0.6 is 0 Å². The fourth-order valence-electron chi connectivity index (χ4n) is 1.18. The molecule has 1 rings (SSSR count). The van der Waals surface area contributed by atoms with Crippen LogP contribution in [0.15, 0.2) is 18.5 Å². The molecular formula is C10H16N2O. The summed E-state index contributed by atoms with van der Waals surface area (Å²) < 4.78 is 5.21. The van der Waals surface area contributed by atoms with Crippen molar-refractivity contribution in [3.8, 4) is 5.75 Å². The lowest BCUT2D eigenvalue weighted by molar-refractivity contribution is 0.382. The van der Waals surface area contributed by atoms with Gasteiger partial charge in [0.1, 0.15) is 5.75 Å². The topological polar surface area (TPSA) is 48.1 Å². The summed E-state index contributed by atoms with van der Waals surface area (Å²) in [4.78, 5) is 4.05. The van der Waals surface area contributed by atoms with Gasteiger partial charge >= 0.3 is 0 Å². The molecule has 1 aromatic heterocycles. The van der Waals surface area contributed by atoms with Crippen molar-refractivity contribution < 1.29 is 4.74 Å². The highest BCUT2D eigenvalue weighted by Gasteiger charge is 2.22. The van der Waals surface area contributed by atoms with Crippen LogP contribution in [-0.2, 0) is 5.54 Å². The largest absolute Gasteiger partial charge is 0.496 e. The van der Waals surface area contributed by atoms with Crippen molar-refractivity contribution in [1.29, 1.82) is 0 Å². The minimum atomic E-state index is -0.362. The number of rotatable bonds is 3. The number of aromatic nitrogens is 1. The van der Waals surface area contributed by atoms with Crippen LogP contribution in [0.25, 0.3) is 0 Å². The van der Waals surface area contributed by atoms with Gasteiger partial charge in [-0.05, 0) is 19.4 Å². The molecule has 0 fully saturated rings. The van der Waals surface area contributed by atoms with E-state index < -0.39 is 0 Å². The zero-order valence-electron chi connectivity index (χ0n) is 8.37. The van der Waals surface area contributed by atoms with Crippen molar-refractivity contribution in [2.75, 3.05) is 7.11 Å². The van der Waals surface area contributed by atoms with E-state index in [4.69, 9.17) is 10.5 Å². The second-order valence-corrected chi connectivity index (χ2v) is 3.35. The van der Waals surface area contributed by atoms with Gasteiger partial charge in [-0.15, -0.1) is 0 Å². The number of methoxy groups -OCH3 is 1. The molecule has 2 N–H and O–H groups in total. The van der Waals surface area contributed by atoms with Crippen LogP contribution in [-0.4, -0.2) is 12.1 Å².